The van der Waals surface area contributed by atoms with E-state index in [1.807, 2.05) is 6.07 Å². The maximum Gasteiger partial charge on any atom is 0.278 e. The Labute approximate surface area is 122 Å². The number of aromatic nitrogens is 1. The summed E-state index contributed by atoms with van der Waals surface area (Å²) in [5.74, 6) is 0. The first-order valence-corrected chi connectivity index (χ1v) is 7.22. The van der Waals surface area contributed by atoms with Crippen LogP contribution in [-0.2, 0) is 0 Å². The van der Waals surface area contributed by atoms with E-state index in [0.29, 0.717) is 16.9 Å². The molecule has 0 unspecified atom stereocenters. The van der Waals surface area contributed by atoms with Crippen LogP contribution in [0, 0.1) is 10.1 Å². The normalized spacial score (nSPS) is 14.9. The highest BCUT2D eigenvalue weighted by Gasteiger charge is 2.27. The number of nitrogens with one attached hydrogen (secondary N) is 1. The number of pyridine rings is 1. The fourth-order valence-electron chi connectivity index (χ4n) is 2.77. The molecule has 1 aliphatic heterocycles. The molecule has 2 heterocycles. The maximum atomic E-state index is 11.2. The fourth-order valence-corrected chi connectivity index (χ4v) is 2.77. The molecule has 1 saturated heterocycles. The van der Waals surface area contributed by atoms with Crippen LogP contribution in [0.5, 0.6) is 0 Å². The number of fused-ring (bicyclic) bond motifs is 1. The van der Waals surface area contributed by atoms with E-state index in [1.54, 1.807) is 24.4 Å². The predicted molar refractivity (Wildman–Crippen MR) is 82.7 cm³/mol. The Hall–Kier alpha value is -2.21. The molecule has 110 valence electrons. The van der Waals surface area contributed by atoms with Gasteiger partial charge in [-0.2, -0.15) is 0 Å². The lowest BCUT2D eigenvalue weighted by Crippen LogP contribution is -2.57. The molecule has 1 aromatic heterocycles. The molecule has 3 rings (SSSR count). The van der Waals surface area contributed by atoms with Crippen molar-refractivity contribution in [2.24, 2.45) is 0 Å². The molecule has 1 fully saturated rings. The molecule has 0 aliphatic carbocycles. The molecule has 0 amide bonds. The van der Waals surface area contributed by atoms with Crippen molar-refractivity contribution >= 4 is 22.3 Å². The van der Waals surface area contributed by atoms with Crippen LogP contribution in [0.4, 0.5) is 11.4 Å². The second-order valence-corrected chi connectivity index (χ2v) is 5.27. The Morgan fingerprint density at radius 2 is 2.24 bits per heavy atom. The van der Waals surface area contributed by atoms with Crippen molar-refractivity contribution in [1.29, 1.82) is 0 Å². The molecule has 2 aromatic rings. The van der Waals surface area contributed by atoms with Crippen LogP contribution in [-0.4, -0.2) is 35.6 Å². The summed E-state index contributed by atoms with van der Waals surface area (Å²) in [6.07, 6.45) is 2.72. The fraction of sp³-hybridized carbons (Fsp3) is 0.400. The third-order valence-corrected chi connectivity index (χ3v) is 3.90. The number of benzene rings is 1. The Balaban J connectivity index is 2.13. The van der Waals surface area contributed by atoms with Gasteiger partial charge in [-0.25, -0.2) is 0 Å². The lowest BCUT2D eigenvalue weighted by atomic mass is 10.1. The van der Waals surface area contributed by atoms with Crippen molar-refractivity contribution in [3.63, 3.8) is 0 Å². The first-order chi connectivity index (χ1) is 10.2. The van der Waals surface area contributed by atoms with E-state index in [-0.39, 0.29) is 10.6 Å². The first kappa shape index (κ1) is 13.8. The summed E-state index contributed by atoms with van der Waals surface area (Å²) < 4.78 is 0. The molecule has 0 radical (unpaired) electrons. The van der Waals surface area contributed by atoms with Gasteiger partial charge in [-0.1, -0.05) is 6.92 Å². The van der Waals surface area contributed by atoms with E-state index in [1.165, 1.54) is 0 Å². The Morgan fingerprint density at radius 1 is 1.43 bits per heavy atom. The number of non-ortho nitro benzene ring substituents is 1. The number of hydrogen-bond donors (Lipinski definition) is 1. The molecule has 6 heteroatoms. The molecule has 1 aliphatic rings. The Morgan fingerprint density at radius 3 is 2.86 bits per heavy atom. The van der Waals surface area contributed by atoms with Gasteiger partial charge in [0.25, 0.3) is 5.69 Å². The van der Waals surface area contributed by atoms with Gasteiger partial charge in [-0.15, -0.1) is 0 Å². The van der Waals surface area contributed by atoms with Gasteiger partial charge in [0.05, 0.1) is 22.0 Å². The van der Waals surface area contributed by atoms with E-state index in [0.717, 1.165) is 31.7 Å². The van der Waals surface area contributed by atoms with Crippen molar-refractivity contribution in [2.45, 2.75) is 19.4 Å². The molecule has 1 N–H and O–H groups in total. The zero-order chi connectivity index (χ0) is 14.8. The second-order valence-electron chi connectivity index (χ2n) is 5.27. The molecule has 21 heavy (non-hydrogen) atoms. The van der Waals surface area contributed by atoms with Crippen LogP contribution in [0.3, 0.4) is 0 Å². The summed E-state index contributed by atoms with van der Waals surface area (Å²) in [6.45, 7) is 4.96. The summed E-state index contributed by atoms with van der Waals surface area (Å²) in [4.78, 5) is 17.5. The van der Waals surface area contributed by atoms with Gasteiger partial charge in [0.15, 0.2) is 0 Å². The third-order valence-electron chi connectivity index (χ3n) is 3.90. The van der Waals surface area contributed by atoms with Crippen LogP contribution in [0.15, 0.2) is 30.5 Å². The molecule has 0 atom stereocenters. The van der Waals surface area contributed by atoms with Gasteiger partial charge < -0.3 is 10.2 Å². The van der Waals surface area contributed by atoms with Crippen molar-refractivity contribution < 1.29 is 4.92 Å². The summed E-state index contributed by atoms with van der Waals surface area (Å²) >= 11 is 0. The predicted octanol–water partition coefficient (Wildman–Crippen LogP) is 2.33. The van der Waals surface area contributed by atoms with Crippen LogP contribution in [0.2, 0.25) is 0 Å². The average molecular weight is 286 g/mol. The van der Waals surface area contributed by atoms with Crippen molar-refractivity contribution in [3.05, 3.63) is 40.6 Å². The van der Waals surface area contributed by atoms with Gasteiger partial charge in [0.2, 0.25) is 0 Å². The standard InChI is InChI=1S/C15H18N4O2/c1-2-8-18(11-9-16-10-11)14-6-5-13(19(20)21)12-4-3-7-17-15(12)14/h3-7,11,16H,2,8-10H2,1H3. The molecular weight excluding hydrogens is 268 g/mol. The third kappa shape index (κ3) is 2.42. The molecule has 0 bridgehead atoms. The second kappa shape index (κ2) is 5.65. The zero-order valence-electron chi connectivity index (χ0n) is 12.0. The van der Waals surface area contributed by atoms with Gasteiger partial charge in [-0.05, 0) is 24.6 Å². The molecule has 6 nitrogen and oxygen atoms in total. The number of nitro benzene ring substituents is 1. The van der Waals surface area contributed by atoms with E-state index >= 15 is 0 Å². The number of rotatable bonds is 5. The lowest BCUT2D eigenvalue weighted by Gasteiger charge is -2.40. The van der Waals surface area contributed by atoms with E-state index < -0.39 is 0 Å². The van der Waals surface area contributed by atoms with Gasteiger partial charge in [0.1, 0.15) is 5.52 Å². The van der Waals surface area contributed by atoms with E-state index in [2.05, 4.69) is 22.1 Å². The van der Waals surface area contributed by atoms with Crippen molar-refractivity contribution in [3.8, 4) is 0 Å². The first-order valence-electron chi connectivity index (χ1n) is 7.22. The number of nitrogens with zero attached hydrogens (tertiary/aromatic N) is 3. The monoisotopic (exact) mass is 286 g/mol. The molecular formula is C15H18N4O2. The lowest BCUT2D eigenvalue weighted by molar-refractivity contribution is -0.383. The average Bonchev–Trinajstić information content (AvgIpc) is 2.43. The number of anilines is 1. The SMILES string of the molecule is CCCN(c1ccc([N+](=O)[O-])c2cccnc12)C1CNC1. The highest BCUT2D eigenvalue weighted by atomic mass is 16.6. The summed E-state index contributed by atoms with van der Waals surface area (Å²) in [6, 6.07) is 7.38. The highest BCUT2D eigenvalue weighted by Crippen LogP contribution is 2.33. The number of hydrogen-bond acceptors (Lipinski definition) is 5. The van der Waals surface area contributed by atoms with E-state index in [4.69, 9.17) is 0 Å². The Kier molecular flexibility index (Phi) is 3.70. The minimum atomic E-state index is -0.344. The van der Waals surface area contributed by atoms with Gasteiger partial charge >= 0.3 is 0 Å². The maximum absolute atomic E-state index is 11.2. The number of nitro groups is 1. The van der Waals surface area contributed by atoms with Gasteiger partial charge in [-0.3, -0.25) is 15.1 Å². The van der Waals surface area contributed by atoms with Crippen molar-refractivity contribution in [2.75, 3.05) is 24.5 Å². The van der Waals surface area contributed by atoms with Crippen LogP contribution in [0.25, 0.3) is 10.9 Å². The van der Waals surface area contributed by atoms with Crippen molar-refractivity contribution in [1.82, 2.24) is 10.3 Å². The molecule has 1 aromatic carbocycles. The Bertz CT molecular complexity index is 670. The van der Waals surface area contributed by atoms with Crippen LogP contribution in [0.1, 0.15) is 13.3 Å². The zero-order valence-corrected chi connectivity index (χ0v) is 12.0. The van der Waals surface area contributed by atoms with Crippen LogP contribution >= 0.6 is 0 Å². The minimum absolute atomic E-state index is 0.116. The highest BCUT2D eigenvalue weighted by molar-refractivity contribution is 5.97. The van der Waals surface area contributed by atoms with Gasteiger partial charge in [0, 0.05) is 31.9 Å². The quantitative estimate of drug-likeness (QED) is 0.674. The topological polar surface area (TPSA) is 71.3 Å². The summed E-state index contributed by atoms with van der Waals surface area (Å²) in [7, 11) is 0. The van der Waals surface area contributed by atoms with E-state index in [9.17, 15) is 10.1 Å². The smallest absolute Gasteiger partial charge is 0.278 e. The minimum Gasteiger partial charge on any atom is -0.364 e. The largest absolute Gasteiger partial charge is 0.364 e. The molecule has 0 spiro atoms. The molecule has 0 saturated carbocycles. The summed E-state index contributed by atoms with van der Waals surface area (Å²) in [5, 5.41) is 15.1. The summed E-state index contributed by atoms with van der Waals surface area (Å²) in [5.41, 5.74) is 1.82. The van der Waals surface area contributed by atoms with Crippen LogP contribution < -0.4 is 10.2 Å².